The summed E-state index contributed by atoms with van der Waals surface area (Å²) in [7, 11) is 0. The van der Waals surface area contributed by atoms with E-state index in [0.29, 0.717) is 17.9 Å². The second kappa shape index (κ2) is 4.28. The van der Waals surface area contributed by atoms with Gasteiger partial charge in [0.1, 0.15) is 6.33 Å². The molecule has 1 aliphatic carbocycles. The van der Waals surface area contributed by atoms with Gasteiger partial charge in [-0.15, -0.1) is 0 Å². The average Bonchev–Trinajstić information content (AvgIpc) is 3.04. The molecular weight excluding hydrogens is 254 g/mol. The topological polar surface area (TPSA) is 68.2 Å². The molecule has 6 nitrogen and oxygen atoms in total. The minimum atomic E-state index is 0.277. The van der Waals surface area contributed by atoms with Crippen LogP contribution in [0.5, 0.6) is 0 Å². The first kappa shape index (κ1) is 11.8. The fraction of sp³-hybridized carbons (Fsp3) is 0.500. The quantitative estimate of drug-likeness (QED) is 0.786. The van der Waals surface area contributed by atoms with Gasteiger partial charge in [-0.25, -0.2) is 15.0 Å². The summed E-state index contributed by atoms with van der Waals surface area (Å²) >= 11 is 0. The largest absolute Gasteiger partial charge is 0.396 e. The van der Waals surface area contributed by atoms with Gasteiger partial charge < -0.3 is 9.67 Å². The summed E-state index contributed by atoms with van der Waals surface area (Å²) in [5.74, 6) is 0.924. The van der Waals surface area contributed by atoms with Crippen molar-refractivity contribution < 1.29 is 5.11 Å². The van der Waals surface area contributed by atoms with Crippen LogP contribution in [0.4, 0.5) is 0 Å². The summed E-state index contributed by atoms with van der Waals surface area (Å²) in [6.07, 6.45) is 9.36. The van der Waals surface area contributed by atoms with E-state index in [-0.39, 0.29) is 6.61 Å². The van der Waals surface area contributed by atoms with E-state index in [0.717, 1.165) is 29.7 Å². The van der Waals surface area contributed by atoms with Crippen LogP contribution in [0.2, 0.25) is 0 Å². The number of hydrogen-bond acceptors (Lipinski definition) is 4. The monoisotopic (exact) mass is 271 g/mol. The predicted molar refractivity (Wildman–Crippen MR) is 74.3 cm³/mol. The second-order valence-electron chi connectivity index (χ2n) is 5.54. The summed E-state index contributed by atoms with van der Waals surface area (Å²) in [5.41, 5.74) is 2.59. The molecule has 3 aromatic heterocycles. The van der Waals surface area contributed by atoms with Crippen LogP contribution in [-0.4, -0.2) is 35.6 Å². The van der Waals surface area contributed by atoms with Gasteiger partial charge >= 0.3 is 0 Å². The molecule has 0 radical (unpaired) electrons. The third-order valence-electron chi connectivity index (χ3n) is 4.66. The van der Waals surface area contributed by atoms with Gasteiger partial charge in [0.05, 0.1) is 6.33 Å². The maximum Gasteiger partial charge on any atom is 0.167 e. The van der Waals surface area contributed by atoms with Crippen LogP contribution >= 0.6 is 0 Å². The van der Waals surface area contributed by atoms with Crippen molar-refractivity contribution in [2.45, 2.75) is 25.8 Å². The van der Waals surface area contributed by atoms with Crippen molar-refractivity contribution in [2.75, 3.05) is 6.61 Å². The molecule has 1 N–H and O–H groups in total. The van der Waals surface area contributed by atoms with Crippen molar-refractivity contribution in [3.8, 4) is 0 Å². The van der Waals surface area contributed by atoms with Gasteiger partial charge in [0.25, 0.3) is 0 Å². The van der Waals surface area contributed by atoms with E-state index in [9.17, 15) is 5.11 Å². The van der Waals surface area contributed by atoms with Crippen molar-refractivity contribution in [3.05, 3.63) is 25.0 Å². The molecule has 0 amide bonds. The Balaban J connectivity index is 1.81. The van der Waals surface area contributed by atoms with E-state index in [1.807, 2.05) is 16.9 Å². The van der Waals surface area contributed by atoms with Crippen molar-refractivity contribution in [3.63, 3.8) is 0 Å². The van der Waals surface area contributed by atoms with Crippen LogP contribution in [0.15, 0.2) is 25.0 Å². The molecule has 20 heavy (non-hydrogen) atoms. The molecular formula is C14H17N5O. The Kier molecular flexibility index (Phi) is 2.53. The van der Waals surface area contributed by atoms with Gasteiger partial charge in [0.15, 0.2) is 16.8 Å². The van der Waals surface area contributed by atoms with E-state index >= 15 is 0 Å². The first-order valence-electron chi connectivity index (χ1n) is 7.08. The zero-order valence-electron chi connectivity index (χ0n) is 11.3. The molecule has 0 unspecified atom stereocenters. The summed E-state index contributed by atoms with van der Waals surface area (Å²) in [6, 6.07) is 0.395. The first-order chi connectivity index (χ1) is 9.83. The Morgan fingerprint density at radius 1 is 1.25 bits per heavy atom. The third kappa shape index (κ3) is 1.45. The molecule has 0 aromatic carbocycles. The van der Waals surface area contributed by atoms with Gasteiger partial charge in [0.2, 0.25) is 0 Å². The number of fused-ring (bicyclic) bond motifs is 3. The van der Waals surface area contributed by atoms with Crippen LogP contribution in [0.3, 0.4) is 0 Å². The molecule has 4 rings (SSSR count). The summed E-state index contributed by atoms with van der Waals surface area (Å²) in [5, 5.41) is 9.38. The van der Waals surface area contributed by atoms with Crippen LogP contribution in [0.25, 0.3) is 16.8 Å². The van der Waals surface area contributed by atoms with Crippen LogP contribution in [0.1, 0.15) is 25.8 Å². The fourth-order valence-corrected chi connectivity index (χ4v) is 3.50. The Morgan fingerprint density at radius 3 is 2.95 bits per heavy atom. The molecule has 0 aliphatic heterocycles. The maximum absolute atomic E-state index is 9.38. The maximum atomic E-state index is 9.38. The molecule has 0 bridgehead atoms. The van der Waals surface area contributed by atoms with E-state index in [4.69, 9.17) is 0 Å². The Labute approximate surface area is 116 Å². The summed E-state index contributed by atoms with van der Waals surface area (Å²) < 4.78 is 4.04. The molecule has 6 heteroatoms. The van der Waals surface area contributed by atoms with E-state index in [1.54, 1.807) is 12.5 Å². The van der Waals surface area contributed by atoms with Crippen LogP contribution in [0, 0.1) is 11.8 Å². The smallest absolute Gasteiger partial charge is 0.167 e. The minimum Gasteiger partial charge on any atom is -0.396 e. The van der Waals surface area contributed by atoms with Gasteiger partial charge in [-0.2, -0.15) is 0 Å². The fourth-order valence-electron chi connectivity index (χ4n) is 3.50. The molecule has 1 saturated carbocycles. The third-order valence-corrected chi connectivity index (χ3v) is 4.66. The first-order valence-corrected chi connectivity index (χ1v) is 7.08. The molecule has 0 spiro atoms. The van der Waals surface area contributed by atoms with Gasteiger partial charge in [-0.05, 0) is 18.3 Å². The van der Waals surface area contributed by atoms with Crippen molar-refractivity contribution in [1.29, 1.82) is 0 Å². The van der Waals surface area contributed by atoms with Crippen LogP contribution in [-0.2, 0) is 0 Å². The van der Waals surface area contributed by atoms with E-state index in [2.05, 4.69) is 26.4 Å². The number of nitrogens with zero attached hydrogens (tertiary/aromatic N) is 5. The van der Waals surface area contributed by atoms with Gasteiger partial charge in [0, 0.05) is 25.0 Å². The number of aliphatic hydroxyl groups is 1. The highest BCUT2D eigenvalue weighted by Crippen LogP contribution is 2.46. The molecule has 0 saturated heterocycles. The molecule has 104 valence electrons. The summed E-state index contributed by atoms with van der Waals surface area (Å²) in [6.45, 7) is 2.46. The van der Waals surface area contributed by atoms with Crippen molar-refractivity contribution in [2.24, 2.45) is 11.8 Å². The lowest BCUT2D eigenvalue weighted by Crippen LogP contribution is -2.39. The summed E-state index contributed by atoms with van der Waals surface area (Å²) in [4.78, 5) is 13.4. The second-order valence-corrected chi connectivity index (χ2v) is 5.54. The zero-order valence-corrected chi connectivity index (χ0v) is 11.3. The minimum absolute atomic E-state index is 0.277. The van der Waals surface area contributed by atoms with Crippen molar-refractivity contribution in [1.82, 2.24) is 23.9 Å². The van der Waals surface area contributed by atoms with Gasteiger partial charge in [-0.3, -0.25) is 4.40 Å². The van der Waals surface area contributed by atoms with E-state index < -0.39 is 0 Å². The lowest BCUT2D eigenvalue weighted by atomic mass is 9.68. The Hall–Kier alpha value is -1.95. The highest BCUT2D eigenvalue weighted by atomic mass is 16.3. The predicted octanol–water partition coefficient (Wildman–Crippen LogP) is 1.66. The van der Waals surface area contributed by atoms with Crippen molar-refractivity contribution >= 4 is 16.8 Å². The van der Waals surface area contributed by atoms with Crippen LogP contribution < -0.4 is 0 Å². The zero-order chi connectivity index (χ0) is 13.7. The SMILES string of the molecule is CC[C@@H]1[C@@H](CO)C[C@H]1n1cnc2c1ncn1ccnc21. The lowest BCUT2D eigenvalue weighted by molar-refractivity contribution is 0.0293. The highest BCUT2D eigenvalue weighted by Gasteiger charge is 2.41. The lowest BCUT2D eigenvalue weighted by Gasteiger charge is -2.44. The molecule has 3 heterocycles. The number of hydrogen-bond donors (Lipinski definition) is 1. The molecule has 3 atom stereocenters. The normalized spacial score (nSPS) is 26.2. The Morgan fingerprint density at radius 2 is 2.15 bits per heavy atom. The standard InChI is InChI=1S/C14H17N5O/c1-2-10-9(6-20)5-11(10)19-8-16-12-13-15-3-4-18(13)7-17-14(12)19/h3-4,7-11,20H,2,5-6H2,1H3/t9-,10-,11-/m1/s1. The van der Waals surface area contributed by atoms with E-state index in [1.165, 1.54) is 0 Å². The number of imidazole rings is 2. The number of rotatable bonds is 3. The Bertz CT molecular complexity index is 761. The number of aromatic nitrogens is 5. The molecule has 3 aromatic rings. The molecule has 1 aliphatic rings. The highest BCUT2D eigenvalue weighted by molar-refractivity contribution is 5.85. The molecule has 1 fully saturated rings. The van der Waals surface area contributed by atoms with Gasteiger partial charge in [-0.1, -0.05) is 13.3 Å². The average molecular weight is 271 g/mol. The number of aliphatic hydroxyl groups excluding tert-OH is 1.